The highest BCUT2D eigenvalue weighted by Crippen LogP contribution is 2.26. The summed E-state index contributed by atoms with van der Waals surface area (Å²) >= 11 is 0. The molecule has 0 aliphatic rings. The van der Waals surface area contributed by atoms with E-state index in [2.05, 4.69) is 5.32 Å². The minimum Gasteiger partial charge on any atom is -0.324 e. The van der Waals surface area contributed by atoms with Gasteiger partial charge < -0.3 is 11.1 Å². The largest absolute Gasteiger partial charge is 0.324 e. The molecule has 17 heavy (non-hydrogen) atoms. The number of nitrogens with zero attached hydrogens (tertiary/aromatic N) is 1. The van der Waals surface area contributed by atoms with Gasteiger partial charge in [-0.05, 0) is 32.4 Å². The Morgan fingerprint density at radius 2 is 2.00 bits per heavy atom. The molecule has 6 heteroatoms. The summed E-state index contributed by atoms with van der Waals surface area (Å²) < 4.78 is 0. The Labute approximate surface area is 99.0 Å². The van der Waals surface area contributed by atoms with Gasteiger partial charge in [-0.15, -0.1) is 0 Å². The number of aryl methyl sites for hydroxylation is 2. The Balaban J connectivity index is 3.12. The number of nitrogens with one attached hydrogen (secondary N) is 1. The van der Waals surface area contributed by atoms with E-state index in [0.717, 1.165) is 5.56 Å². The van der Waals surface area contributed by atoms with Gasteiger partial charge in [-0.3, -0.25) is 14.9 Å². The van der Waals surface area contributed by atoms with Crippen molar-refractivity contribution in [2.45, 2.75) is 26.8 Å². The molecule has 0 aromatic heterocycles. The second-order valence-corrected chi connectivity index (χ2v) is 3.99. The molecule has 0 radical (unpaired) electrons. The Morgan fingerprint density at radius 1 is 1.41 bits per heavy atom. The average Bonchev–Trinajstić information content (AvgIpc) is 2.21. The summed E-state index contributed by atoms with van der Waals surface area (Å²) in [6.45, 7) is 4.98. The maximum atomic E-state index is 11.4. The molecule has 0 aliphatic carbocycles. The molecule has 92 valence electrons. The molecule has 0 fully saturated rings. The first kappa shape index (κ1) is 13.1. The number of nitro groups is 1. The summed E-state index contributed by atoms with van der Waals surface area (Å²) in [7, 11) is 0. The Kier molecular flexibility index (Phi) is 3.80. The monoisotopic (exact) mass is 237 g/mol. The third-order valence-electron chi connectivity index (χ3n) is 2.41. The van der Waals surface area contributed by atoms with E-state index in [0.29, 0.717) is 11.3 Å². The Hall–Kier alpha value is -1.95. The van der Waals surface area contributed by atoms with Crippen LogP contribution in [0.3, 0.4) is 0 Å². The lowest BCUT2D eigenvalue weighted by molar-refractivity contribution is -0.385. The quantitative estimate of drug-likeness (QED) is 0.614. The van der Waals surface area contributed by atoms with Crippen LogP contribution in [-0.4, -0.2) is 16.9 Å². The number of carbonyl (C=O) groups excluding carboxylic acids is 1. The summed E-state index contributed by atoms with van der Waals surface area (Å²) in [6, 6.07) is 2.36. The van der Waals surface area contributed by atoms with Crippen molar-refractivity contribution in [2.24, 2.45) is 5.73 Å². The van der Waals surface area contributed by atoms with E-state index in [1.807, 2.05) is 0 Å². The molecule has 3 N–H and O–H groups in total. The number of hydrogen-bond acceptors (Lipinski definition) is 4. The van der Waals surface area contributed by atoms with Crippen molar-refractivity contribution in [1.82, 2.24) is 0 Å². The van der Waals surface area contributed by atoms with E-state index >= 15 is 0 Å². The topological polar surface area (TPSA) is 98.3 Å². The van der Waals surface area contributed by atoms with E-state index in [1.54, 1.807) is 26.8 Å². The van der Waals surface area contributed by atoms with Crippen LogP contribution in [0.4, 0.5) is 11.4 Å². The van der Waals surface area contributed by atoms with Gasteiger partial charge in [0.2, 0.25) is 5.91 Å². The van der Waals surface area contributed by atoms with Gasteiger partial charge in [0.05, 0.1) is 16.7 Å². The lowest BCUT2D eigenvalue weighted by Gasteiger charge is -2.11. The molecule has 0 spiro atoms. The van der Waals surface area contributed by atoms with Crippen LogP contribution in [-0.2, 0) is 4.79 Å². The van der Waals surface area contributed by atoms with Crippen molar-refractivity contribution in [1.29, 1.82) is 0 Å². The molecule has 1 aromatic rings. The molecule has 0 heterocycles. The smallest absolute Gasteiger partial charge is 0.274 e. The molecule has 1 rings (SSSR count). The molecular weight excluding hydrogens is 222 g/mol. The number of amides is 1. The van der Waals surface area contributed by atoms with Crippen molar-refractivity contribution >= 4 is 17.3 Å². The van der Waals surface area contributed by atoms with E-state index in [-0.39, 0.29) is 11.6 Å². The second-order valence-electron chi connectivity index (χ2n) is 3.99. The highest BCUT2D eigenvalue weighted by Gasteiger charge is 2.16. The maximum Gasteiger partial charge on any atom is 0.274 e. The van der Waals surface area contributed by atoms with Gasteiger partial charge in [0, 0.05) is 11.6 Å². The highest BCUT2D eigenvalue weighted by atomic mass is 16.6. The lowest BCUT2D eigenvalue weighted by atomic mass is 10.1. The van der Waals surface area contributed by atoms with Crippen molar-refractivity contribution in [3.05, 3.63) is 33.4 Å². The van der Waals surface area contributed by atoms with Crippen LogP contribution in [0.15, 0.2) is 12.1 Å². The van der Waals surface area contributed by atoms with Crippen molar-refractivity contribution in [2.75, 3.05) is 5.32 Å². The number of benzene rings is 1. The SMILES string of the molecule is Cc1cc(C)c([N+](=O)[O-])cc1NC(=O)[C@@H](C)N. The zero-order valence-corrected chi connectivity index (χ0v) is 9.98. The molecule has 1 aromatic carbocycles. The molecule has 0 aliphatic heterocycles. The van der Waals surface area contributed by atoms with Crippen LogP contribution in [0.5, 0.6) is 0 Å². The first-order valence-corrected chi connectivity index (χ1v) is 5.15. The molecule has 1 amide bonds. The summed E-state index contributed by atoms with van der Waals surface area (Å²) in [5.41, 5.74) is 7.15. The summed E-state index contributed by atoms with van der Waals surface area (Å²) in [5, 5.41) is 13.3. The third-order valence-corrected chi connectivity index (χ3v) is 2.41. The zero-order valence-electron chi connectivity index (χ0n) is 9.98. The van der Waals surface area contributed by atoms with Crippen molar-refractivity contribution in [3.8, 4) is 0 Å². The van der Waals surface area contributed by atoms with Gasteiger partial charge in [0.25, 0.3) is 5.69 Å². The summed E-state index contributed by atoms with van der Waals surface area (Å²) in [6.07, 6.45) is 0. The fourth-order valence-corrected chi connectivity index (χ4v) is 1.42. The standard InChI is InChI=1S/C11H15N3O3/c1-6-4-7(2)10(14(16)17)5-9(6)13-11(15)8(3)12/h4-5,8H,12H2,1-3H3,(H,13,15)/t8-/m1/s1. The van der Waals surface area contributed by atoms with Crippen molar-refractivity contribution in [3.63, 3.8) is 0 Å². The lowest BCUT2D eigenvalue weighted by Crippen LogP contribution is -2.32. The van der Waals surface area contributed by atoms with Gasteiger partial charge in [-0.25, -0.2) is 0 Å². The fourth-order valence-electron chi connectivity index (χ4n) is 1.42. The second kappa shape index (κ2) is 4.92. The molecular formula is C11H15N3O3. The molecule has 1 atom stereocenters. The minimum absolute atomic E-state index is 0.0180. The number of rotatable bonds is 3. The van der Waals surface area contributed by atoms with Gasteiger partial charge >= 0.3 is 0 Å². The predicted octanol–water partition coefficient (Wildman–Crippen LogP) is 1.50. The fraction of sp³-hybridized carbons (Fsp3) is 0.364. The highest BCUT2D eigenvalue weighted by molar-refractivity contribution is 5.95. The Morgan fingerprint density at radius 3 is 2.47 bits per heavy atom. The van der Waals surface area contributed by atoms with E-state index in [9.17, 15) is 14.9 Å². The van der Waals surface area contributed by atoms with Crippen molar-refractivity contribution < 1.29 is 9.72 Å². The van der Waals surface area contributed by atoms with Gasteiger partial charge in [0.1, 0.15) is 0 Å². The van der Waals surface area contributed by atoms with Crippen LogP contribution < -0.4 is 11.1 Å². The first-order valence-electron chi connectivity index (χ1n) is 5.15. The van der Waals surface area contributed by atoms with Crippen LogP contribution in [0.2, 0.25) is 0 Å². The molecule has 0 saturated carbocycles. The molecule has 0 bridgehead atoms. The van der Waals surface area contributed by atoms with Gasteiger partial charge in [0.15, 0.2) is 0 Å². The molecule has 0 unspecified atom stereocenters. The van der Waals surface area contributed by atoms with Crippen LogP contribution in [0.1, 0.15) is 18.1 Å². The molecule has 0 saturated heterocycles. The summed E-state index contributed by atoms with van der Waals surface area (Å²) in [4.78, 5) is 21.7. The minimum atomic E-state index is -0.658. The van der Waals surface area contributed by atoms with E-state index in [4.69, 9.17) is 5.73 Å². The van der Waals surface area contributed by atoms with Gasteiger partial charge in [-0.2, -0.15) is 0 Å². The predicted molar refractivity (Wildman–Crippen MR) is 64.8 cm³/mol. The zero-order chi connectivity index (χ0) is 13.2. The van der Waals surface area contributed by atoms with Gasteiger partial charge in [-0.1, -0.05) is 0 Å². The van der Waals surface area contributed by atoms with Crippen LogP contribution in [0, 0.1) is 24.0 Å². The third kappa shape index (κ3) is 3.01. The summed E-state index contributed by atoms with van der Waals surface area (Å²) in [5.74, 6) is -0.369. The number of nitro benzene ring substituents is 1. The molecule has 6 nitrogen and oxygen atoms in total. The van der Waals surface area contributed by atoms with Crippen LogP contribution in [0.25, 0.3) is 0 Å². The first-order chi connectivity index (χ1) is 7.82. The number of carbonyl (C=O) groups is 1. The van der Waals surface area contributed by atoms with E-state index in [1.165, 1.54) is 6.07 Å². The van der Waals surface area contributed by atoms with Crippen LogP contribution >= 0.6 is 0 Å². The maximum absolute atomic E-state index is 11.4. The van der Waals surface area contributed by atoms with E-state index < -0.39 is 11.0 Å². The number of hydrogen-bond donors (Lipinski definition) is 2. The average molecular weight is 237 g/mol. The normalized spacial score (nSPS) is 12.0. The number of anilines is 1. The Bertz CT molecular complexity index is 469. The number of nitrogens with two attached hydrogens (primary N) is 1.